The van der Waals surface area contributed by atoms with E-state index in [0.29, 0.717) is 15.6 Å². The minimum Gasteiger partial charge on any atom is -0.351 e. The van der Waals surface area contributed by atoms with E-state index in [-0.39, 0.29) is 18.9 Å². The van der Waals surface area contributed by atoms with Crippen LogP contribution >= 0.6 is 11.3 Å². The normalized spacial score (nSPS) is 11.3. The number of hydrogen-bond acceptors (Lipinski definition) is 6. The summed E-state index contributed by atoms with van der Waals surface area (Å²) in [6.45, 7) is 0.0821. The molecule has 0 saturated heterocycles. The Labute approximate surface area is 125 Å². The first kappa shape index (κ1) is 15.5. The second kappa shape index (κ2) is 6.72. The fourth-order valence-corrected chi connectivity index (χ4v) is 2.82. The SMILES string of the molecule is O=C(NCCCS(=O)(=O)F)c1cnc(-c2ccccn2)s1. The van der Waals surface area contributed by atoms with E-state index >= 15 is 0 Å². The number of thiazole rings is 1. The van der Waals surface area contributed by atoms with E-state index < -0.39 is 16.0 Å². The van der Waals surface area contributed by atoms with Crippen LogP contribution in [0.4, 0.5) is 3.89 Å². The molecule has 0 atom stereocenters. The Morgan fingerprint density at radius 1 is 1.33 bits per heavy atom. The highest BCUT2D eigenvalue weighted by atomic mass is 32.3. The van der Waals surface area contributed by atoms with Crippen molar-refractivity contribution in [1.29, 1.82) is 0 Å². The molecule has 0 bridgehead atoms. The lowest BCUT2D eigenvalue weighted by Crippen LogP contribution is -2.24. The summed E-state index contributed by atoms with van der Waals surface area (Å²) in [6, 6.07) is 5.39. The lowest BCUT2D eigenvalue weighted by Gasteiger charge is -2.01. The summed E-state index contributed by atoms with van der Waals surface area (Å²) in [4.78, 5) is 20.4. The minimum atomic E-state index is -4.49. The third-order valence-corrected chi connectivity index (χ3v) is 4.26. The summed E-state index contributed by atoms with van der Waals surface area (Å²) < 4.78 is 32.9. The number of pyridine rings is 1. The summed E-state index contributed by atoms with van der Waals surface area (Å²) in [7, 11) is -4.49. The molecule has 0 spiro atoms. The molecule has 21 heavy (non-hydrogen) atoms. The van der Waals surface area contributed by atoms with Crippen LogP contribution < -0.4 is 5.32 Å². The smallest absolute Gasteiger partial charge is 0.302 e. The van der Waals surface area contributed by atoms with Crippen molar-refractivity contribution in [2.75, 3.05) is 12.3 Å². The van der Waals surface area contributed by atoms with Crippen LogP contribution in [0.3, 0.4) is 0 Å². The average molecular weight is 329 g/mol. The second-order valence-electron chi connectivity index (χ2n) is 4.10. The predicted molar refractivity (Wildman–Crippen MR) is 77.2 cm³/mol. The maximum Gasteiger partial charge on any atom is 0.302 e. The van der Waals surface area contributed by atoms with Gasteiger partial charge in [0.25, 0.3) is 5.91 Å². The van der Waals surface area contributed by atoms with Crippen LogP contribution in [0, 0.1) is 0 Å². The molecule has 0 aromatic carbocycles. The summed E-state index contributed by atoms with van der Waals surface area (Å²) in [6.07, 6.45) is 3.08. The van der Waals surface area contributed by atoms with Gasteiger partial charge in [0.2, 0.25) is 0 Å². The summed E-state index contributed by atoms with van der Waals surface area (Å²) in [5.74, 6) is -0.972. The molecule has 0 aliphatic carbocycles. The number of rotatable bonds is 6. The minimum absolute atomic E-state index is 0.0243. The van der Waals surface area contributed by atoms with E-state index in [0.717, 1.165) is 0 Å². The molecule has 9 heteroatoms. The first-order chi connectivity index (χ1) is 9.96. The lowest BCUT2D eigenvalue weighted by molar-refractivity contribution is 0.0957. The van der Waals surface area contributed by atoms with E-state index in [9.17, 15) is 17.1 Å². The van der Waals surface area contributed by atoms with Gasteiger partial charge in [-0.1, -0.05) is 6.07 Å². The van der Waals surface area contributed by atoms with Crippen molar-refractivity contribution >= 4 is 27.5 Å². The van der Waals surface area contributed by atoms with E-state index in [1.165, 1.54) is 17.5 Å². The number of nitrogens with one attached hydrogen (secondary N) is 1. The molecule has 2 heterocycles. The van der Waals surface area contributed by atoms with Crippen LogP contribution in [0.2, 0.25) is 0 Å². The summed E-state index contributed by atoms with van der Waals surface area (Å²) in [5, 5.41) is 3.13. The highest BCUT2D eigenvalue weighted by Crippen LogP contribution is 2.22. The van der Waals surface area contributed by atoms with Gasteiger partial charge < -0.3 is 5.32 Å². The molecule has 6 nitrogen and oxygen atoms in total. The molecule has 0 aliphatic rings. The zero-order chi connectivity index (χ0) is 15.3. The monoisotopic (exact) mass is 329 g/mol. The van der Waals surface area contributed by atoms with Gasteiger partial charge >= 0.3 is 10.2 Å². The fraction of sp³-hybridized carbons (Fsp3) is 0.250. The van der Waals surface area contributed by atoms with Crippen LogP contribution in [-0.4, -0.2) is 36.6 Å². The highest BCUT2D eigenvalue weighted by molar-refractivity contribution is 7.86. The van der Waals surface area contributed by atoms with Crippen LogP contribution in [0.25, 0.3) is 10.7 Å². The van der Waals surface area contributed by atoms with Crippen LogP contribution in [-0.2, 0) is 10.2 Å². The van der Waals surface area contributed by atoms with E-state index in [1.54, 1.807) is 18.3 Å². The Bertz CT molecular complexity index is 716. The molecule has 0 aliphatic heterocycles. The molecule has 2 rings (SSSR count). The second-order valence-corrected chi connectivity index (χ2v) is 6.61. The van der Waals surface area contributed by atoms with Crippen molar-refractivity contribution in [1.82, 2.24) is 15.3 Å². The molecular formula is C12H12FN3O3S2. The van der Waals surface area contributed by atoms with Gasteiger partial charge in [-0.05, 0) is 18.6 Å². The van der Waals surface area contributed by atoms with Gasteiger partial charge in [0.1, 0.15) is 9.88 Å². The zero-order valence-electron chi connectivity index (χ0n) is 10.8. The van der Waals surface area contributed by atoms with Gasteiger partial charge in [0.15, 0.2) is 0 Å². The predicted octanol–water partition coefficient (Wildman–Crippen LogP) is 1.62. The number of carbonyl (C=O) groups is 1. The average Bonchev–Trinajstić information content (AvgIpc) is 2.93. The Hall–Kier alpha value is -1.87. The molecule has 2 aromatic rings. The molecule has 0 radical (unpaired) electrons. The van der Waals surface area contributed by atoms with Crippen LogP contribution in [0.1, 0.15) is 16.1 Å². The van der Waals surface area contributed by atoms with Crippen LogP contribution in [0.15, 0.2) is 30.6 Å². The topological polar surface area (TPSA) is 89.0 Å². The third-order valence-electron chi connectivity index (χ3n) is 2.46. The first-order valence-electron chi connectivity index (χ1n) is 6.03. The first-order valence-corrected chi connectivity index (χ1v) is 8.40. The Morgan fingerprint density at radius 3 is 2.81 bits per heavy atom. The maximum atomic E-state index is 12.3. The molecule has 1 N–H and O–H groups in total. The van der Waals surface area contributed by atoms with Crippen LogP contribution in [0.5, 0.6) is 0 Å². The number of nitrogens with zero attached hydrogens (tertiary/aromatic N) is 2. The van der Waals surface area contributed by atoms with E-state index in [4.69, 9.17) is 0 Å². The van der Waals surface area contributed by atoms with Gasteiger partial charge in [0, 0.05) is 12.7 Å². The quantitative estimate of drug-likeness (QED) is 0.642. The zero-order valence-corrected chi connectivity index (χ0v) is 12.5. The molecule has 0 unspecified atom stereocenters. The van der Waals surface area contributed by atoms with E-state index in [2.05, 4.69) is 15.3 Å². The van der Waals surface area contributed by atoms with Gasteiger partial charge in [-0.3, -0.25) is 9.78 Å². The largest absolute Gasteiger partial charge is 0.351 e. The van der Waals surface area contributed by atoms with E-state index in [1.807, 2.05) is 6.07 Å². The van der Waals surface area contributed by atoms with Gasteiger partial charge in [-0.2, -0.15) is 8.42 Å². The fourth-order valence-electron chi connectivity index (χ4n) is 1.52. The third kappa shape index (κ3) is 4.87. The molecule has 0 fully saturated rings. The van der Waals surface area contributed by atoms with Crippen molar-refractivity contribution < 1.29 is 17.1 Å². The molecule has 2 aromatic heterocycles. The number of carbonyl (C=O) groups excluding carboxylic acids is 1. The van der Waals surface area contributed by atoms with Crippen molar-refractivity contribution in [2.45, 2.75) is 6.42 Å². The van der Waals surface area contributed by atoms with Crippen molar-refractivity contribution in [2.24, 2.45) is 0 Å². The van der Waals surface area contributed by atoms with Crippen molar-refractivity contribution in [3.63, 3.8) is 0 Å². The molecule has 1 amide bonds. The Morgan fingerprint density at radius 2 is 2.14 bits per heavy atom. The maximum absolute atomic E-state index is 12.3. The summed E-state index contributed by atoms with van der Waals surface area (Å²) >= 11 is 1.18. The molecular weight excluding hydrogens is 317 g/mol. The Balaban J connectivity index is 1.91. The number of aromatic nitrogens is 2. The Kier molecular flexibility index (Phi) is 4.97. The van der Waals surface area contributed by atoms with Gasteiger partial charge in [-0.15, -0.1) is 15.2 Å². The number of amides is 1. The highest BCUT2D eigenvalue weighted by Gasteiger charge is 2.12. The number of hydrogen-bond donors (Lipinski definition) is 1. The van der Waals surface area contributed by atoms with Gasteiger partial charge in [0.05, 0.1) is 17.6 Å². The number of halogens is 1. The lowest BCUT2D eigenvalue weighted by atomic mass is 10.4. The standard InChI is InChI=1S/C12H12FN3O3S2/c13-21(18,19)7-3-6-15-11(17)10-8-16-12(20-10)9-4-1-2-5-14-9/h1-2,4-5,8H,3,6-7H2,(H,15,17). The summed E-state index contributed by atoms with van der Waals surface area (Å²) in [5.41, 5.74) is 0.671. The molecule has 112 valence electrons. The van der Waals surface area contributed by atoms with Gasteiger partial charge in [-0.25, -0.2) is 4.98 Å². The van der Waals surface area contributed by atoms with Crippen molar-refractivity contribution in [3.8, 4) is 10.7 Å². The van der Waals surface area contributed by atoms with Crippen molar-refractivity contribution in [3.05, 3.63) is 35.5 Å². The molecule has 0 saturated carbocycles.